The van der Waals surface area contributed by atoms with Gasteiger partial charge in [0.05, 0.1) is 6.54 Å². The largest absolute Gasteiger partial charge is 0.508 e. The molecular formula is C15H22N2O2. The van der Waals surface area contributed by atoms with Crippen LogP contribution in [0.4, 0.5) is 0 Å². The number of phenolic OH excluding ortho intramolecular Hbond substituents is 1. The highest BCUT2D eigenvalue weighted by atomic mass is 16.3. The van der Waals surface area contributed by atoms with Gasteiger partial charge in [-0.15, -0.1) is 0 Å². The molecule has 0 aromatic heterocycles. The third-order valence-electron chi connectivity index (χ3n) is 2.96. The number of aryl methyl sites for hydroxylation is 1. The van der Waals surface area contributed by atoms with Gasteiger partial charge in [0.15, 0.2) is 0 Å². The van der Waals surface area contributed by atoms with E-state index in [0.29, 0.717) is 13.1 Å². The summed E-state index contributed by atoms with van der Waals surface area (Å²) >= 11 is 0. The molecule has 19 heavy (non-hydrogen) atoms. The molecule has 0 unspecified atom stereocenters. The van der Waals surface area contributed by atoms with Gasteiger partial charge < -0.3 is 15.3 Å². The van der Waals surface area contributed by atoms with Gasteiger partial charge in [-0.1, -0.05) is 32.6 Å². The lowest BCUT2D eigenvalue weighted by molar-refractivity contribution is -0.123. The van der Waals surface area contributed by atoms with Gasteiger partial charge in [-0.05, 0) is 18.6 Å². The first-order chi connectivity index (χ1) is 9.08. The molecule has 1 heterocycles. The number of hydrogen-bond donors (Lipinski definition) is 2. The Hall–Kier alpha value is -1.97. The second-order valence-corrected chi connectivity index (χ2v) is 4.22. The van der Waals surface area contributed by atoms with E-state index in [2.05, 4.69) is 11.9 Å². The zero-order valence-electron chi connectivity index (χ0n) is 11.9. The van der Waals surface area contributed by atoms with E-state index in [-0.39, 0.29) is 11.7 Å². The molecule has 1 amide bonds. The van der Waals surface area contributed by atoms with Crippen molar-refractivity contribution in [1.82, 2.24) is 10.2 Å². The van der Waals surface area contributed by atoms with Crippen LogP contribution in [0.2, 0.25) is 0 Å². The molecule has 0 bridgehead atoms. The molecule has 1 aromatic rings. The number of amides is 1. The maximum absolute atomic E-state index is 11.3. The SMILES string of the molecule is C=C(c1ccc(C)c(O)c1)N1CCNC(=O)C1.CC. The topological polar surface area (TPSA) is 52.6 Å². The molecule has 1 aliphatic rings. The summed E-state index contributed by atoms with van der Waals surface area (Å²) in [5.41, 5.74) is 2.45. The zero-order valence-corrected chi connectivity index (χ0v) is 11.9. The van der Waals surface area contributed by atoms with Crippen LogP contribution in [-0.2, 0) is 4.79 Å². The number of hydrogen-bond acceptors (Lipinski definition) is 3. The summed E-state index contributed by atoms with van der Waals surface area (Å²) in [6, 6.07) is 5.44. The van der Waals surface area contributed by atoms with Crippen LogP contribution in [0.25, 0.3) is 5.70 Å². The number of rotatable bonds is 2. The van der Waals surface area contributed by atoms with Gasteiger partial charge in [-0.25, -0.2) is 0 Å². The minimum atomic E-state index is 0.00809. The summed E-state index contributed by atoms with van der Waals surface area (Å²) in [6.07, 6.45) is 0. The maximum atomic E-state index is 11.3. The summed E-state index contributed by atoms with van der Waals surface area (Å²) in [5, 5.41) is 12.4. The standard InChI is InChI=1S/C13H16N2O2.C2H6/c1-9-3-4-11(7-12(9)16)10(2)15-6-5-14-13(17)8-15;1-2/h3-4,7,16H,2,5-6,8H2,1H3,(H,14,17);1-2H3. The quantitative estimate of drug-likeness (QED) is 0.858. The fourth-order valence-electron chi connectivity index (χ4n) is 1.84. The number of benzene rings is 1. The van der Waals surface area contributed by atoms with Crippen LogP contribution >= 0.6 is 0 Å². The Labute approximate surface area is 114 Å². The van der Waals surface area contributed by atoms with Gasteiger partial charge in [-0.3, -0.25) is 4.79 Å². The molecule has 1 saturated heterocycles. The molecule has 0 spiro atoms. The van der Waals surface area contributed by atoms with Crippen LogP contribution < -0.4 is 5.32 Å². The Kier molecular flexibility index (Phi) is 5.42. The molecule has 104 valence electrons. The van der Waals surface area contributed by atoms with Crippen LogP contribution in [-0.4, -0.2) is 35.5 Å². The molecular weight excluding hydrogens is 240 g/mol. The lowest BCUT2D eigenvalue weighted by atomic mass is 10.1. The first kappa shape index (κ1) is 15.1. The highest BCUT2D eigenvalue weighted by Gasteiger charge is 2.18. The predicted molar refractivity (Wildman–Crippen MR) is 77.8 cm³/mol. The van der Waals surface area contributed by atoms with Crippen molar-refractivity contribution in [2.45, 2.75) is 20.8 Å². The Morgan fingerprint density at radius 3 is 2.68 bits per heavy atom. The molecule has 2 N–H and O–H groups in total. The zero-order chi connectivity index (χ0) is 14.4. The van der Waals surface area contributed by atoms with Crippen molar-refractivity contribution in [1.29, 1.82) is 0 Å². The molecule has 4 nitrogen and oxygen atoms in total. The van der Waals surface area contributed by atoms with Crippen LogP contribution in [0.1, 0.15) is 25.0 Å². The van der Waals surface area contributed by atoms with Gasteiger partial charge in [-0.2, -0.15) is 0 Å². The average Bonchev–Trinajstić information content (AvgIpc) is 2.43. The van der Waals surface area contributed by atoms with Crippen molar-refractivity contribution in [3.05, 3.63) is 35.9 Å². The van der Waals surface area contributed by atoms with E-state index in [1.165, 1.54) is 0 Å². The van der Waals surface area contributed by atoms with E-state index in [1.54, 1.807) is 6.07 Å². The molecule has 4 heteroatoms. The lowest BCUT2D eigenvalue weighted by Gasteiger charge is -2.30. The van der Waals surface area contributed by atoms with Crippen molar-refractivity contribution >= 4 is 11.6 Å². The first-order valence-electron chi connectivity index (χ1n) is 6.58. The van der Waals surface area contributed by atoms with E-state index in [1.807, 2.05) is 37.8 Å². The Bertz CT molecular complexity index is 469. The minimum Gasteiger partial charge on any atom is -0.508 e. The third kappa shape index (κ3) is 3.74. The summed E-state index contributed by atoms with van der Waals surface area (Å²) < 4.78 is 0. The highest BCUT2D eigenvalue weighted by molar-refractivity contribution is 5.81. The van der Waals surface area contributed by atoms with E-state index >= 15 is 0 Å². The molecule has 0 aliphatic carbocycles. The third-order valence-corrected chi connectivity index (χ3v) is 2.96. The number of phenols is 1. The maximum Gasteiger partial charge on any atom is 0.239 e. The fourth-order valence-corrected chi connectivity index (χ4v) is 1.84. The van der Waals surface area contributed by atoms with Gasteiger partial charge >= 0.3 is 0 Å². The van der Waals surface area contributed by atoms with E-state index in [4.69, 9.17) is 0 Å². The van der Waals surface area contributed by atoms with E-state index in [0.717, 1.165) is 23.4 Å². The molecule has 1 fully saturated rings. The van der Waals surface area contributed by atoms with Crippen LogP contribution in [0.5, 0.6) is 5.75 Å². The summed E-state index contributed by atoms with van der Waals surface area (Å²) in [6.45, 7) is 11.5. The lowest BCUT2D eigenvalue weighted by Crippen LogP contribution is -2.46. The van der Waals surface area contributed by atoms with Crippen molar-refractivity contribution < 1.29 is 9.90 Å². The number of carbonyl (C=O) groups excluding carboxylic acids is 1. The Morgan fingerprint density at radius 2 is 2.11 bits per heavy atom. The van der Waals surface area contributed by atoms with Crippen LogP contribution in [0, 0.1) is 6.92 Å². The summed E-state index contributed by atoms with van der Waals surface area (Å²) in [7, 11) is 0. The van der Waals surface area contributed by atoms with Gasteiger partial charge in [0.2, 0.25) is 5.91 Å². The number of nitrogens with one attached hydrogen (secondary N) is 1. The molecule has 2 rings (SSSR count). The Morgan fingerprint density at radius 1 is 1.42 bits per heavy atom. The molecule has 1 aromatic carbocycles. The van der Waals surface area contributed by atoms with Crippen molar-refractivity contribution in [2.24, 2.45) is 0 Å². The summed E-state index contributed by atoms with van der Waals surface area (Å²) in [5.74, 6) is 0.263. The number of piperazine rings is 1. The minimum absolute atomic E-state index is 0.00809. The van der Waals surface area contributed by atoms with Gasteiger partial charge in [0.1, 0.15) is 5.75 Å². The van der Waals surface area contributed by atoms with E-state index < -0.39 is 0 Å². The number of carbonyl (C=O) groups is 1. The first-order valence-corrected chi connectivity index (χ1v) is 6.58. The number of aromatic hydroxyl groups is 1. The van der Waals surface area contributed by atoms with E-state index in [9.17, 15) is 9.90 Å². The smallest absolute Gasteiger partial charge is 0.239 e. The molecule has 0 saturated carbocycles. The average molecular weight is 262 g/mol. The molecule has 0 atom stereocenters. The fraction of sp³-hybridized carbons (Fsp3) is 0.400. The highest BCUT2D eigenvalue weighted by Crippen LogP contribution is 2.24. The van der Waals surface area contributed by atoms with Crippen molar-refractivity contribution in [3.63, 3.8) is 0 Å². The number of nitrogens with zero attached hydrogens (tertiary/aromatic N) is 1. The molecule has 0 radical (unpaired) electrons. The second-order valence-electron chi connectivity index (χ2n) is 4.22. The monoisotopic (exact) mass is 262 g/mol. The van der Waals surface area contributed by atoms with Gasteiger partial charge in [0.25, 0.3) is 0 Å². The van der Waals surface area contributed by atoms with Crippen LogP contribution in [0.15, 0.2) is 24.8 Å². The Balaban J connectivity index is 0.000000861. The normalized spacial score (nSPS) is 14.3. The van der Waals surface area contributed by atoms with Crippen LogP contribution in [0.3, 0.4) is 0 Å². The predicted octanol–water partition coefficient (Wildman–Crippen LogP) is 2.13. The molecule has 1 aliphatic heterocycles. The second kappa shape index (κ2) is 6.83. The van der Waals surface area contributed by atoms with Crippen molar-refractivity contribution in [2.75, 3.05) is 19.6 Å². The van der Waals surface area contributed by atoms with Crippen molar-refractivity contribution in [3.8, 4) is 5.75 Å². The summed E-state index contributed by atoms with van der Waals surface area (Å²) in [4.78, 5) is 13.2. The van der Waals surface area contributed by atoms with Gasteiger partial charge in [0, 0.05) is 24.4 Å².